The van der Waals surface area contributed by atoms with Crippen LogP contribution in [0.1, 0.15) is 45.7 Å². The molecule has 2 nitrogen and oxygen atoms in total. The fourth-order valence-electron chi connectivity index (χ4n) is 1.40. The molecular formula is C13H21NO. The van der Waals surface area contributed by atoms with Crippen molar-refractivity contribution in [3.8, 4) is 5.75 Å². The minimum absolute atomic E-state index is 0.105. The molecule has 15 heavy (non-hydrogen) atoms. The highest BCUT2D eigenvalue weighted by atomic mass is 16.5. The van der Waals surface area contributed by atoms with Crippen LogP contribution in [0.3, 0.4) is 0 Å². The number of benzene rings is 1. The fourth-order valence-corrected chi connectivity index (χ4v) is 1.40. The first-order valence-electron chi connectivity index (χ1n) is 5.47. The van der Waals surface area contributed by atoms with E-state index in [1.807, 2.05) is 45.0 Å². The minimum atomic E-state index is -0.158. The van der Waals surface area contributed by atoms with Gasteiger partial charge in [-0.3, -0.25) is 0 Å². The standard InChI is InChI=1S/C13H21NO/c1-5-12(14)10-7-6-8-11(9-10)15-13(2,3)4/h6-9,12H,5,14H2,1-4H3. The SMILES string of the molecule is CCC(N)c1cccc(OC(C)(C)C)c1. The number of ether oxygens (including phenoxy) is 1. The fraction of sp³-hybridized carbons (Fsp3) is 0.538. The second kappa shape index (κ2) is 4.67. The molecule has 0 fully saturated rings. The lowest BCUT2D eigenvalue weighted by Crippen LogP contribution is -2.23. The maximum absolute atomic E-state index is 5.97. The second-order valence-electron chi connectivity index (χ2n) is 4.80. The van der Waals surface area contributed by atoms with Gasteiger partial charge in [0.15, 0.2) is 0 Å². The lowest BCUT2D eigenvalue weighted by molar-refractivity contribution is 0.131. The van der Waals surface area contributed by atoms with Crippen molar-refractivity contribution < 1.29 is 4.74 Å². The van der Waals surface area contributed by atoms with Gasteiger partial charge in [-0.25, -0.2) is 0 Å². The van der Waals surface area contributed by atoms with Gasteiger partial charge in [0.1, 0.15) is 11.4 Å². The molecule has 0 heterocycles. The zero-order valence-corrected chi connectivity index (χ0v) is 10.1. The van der Waals surface area contributed by atoms with E-state index in [4.69, 9.17) is 10.5 Å². The van der Waals surface area contributed by atoms with Crippen LogP contribution in [0.2, 0.25) is 0 Å². The van der Waals surface area contributed by atoms with Gasteiger partial charge in [-0.15, -0.1) is 0 Å². The maximum atomic E-state index is 5.97. The van der Waals surface area contributed by atoms with Gasteiger partial charge >= 0.3 is 0 Å². The van der Waals surface area contributed by atoms with Crippen LogP contribution in [0.25, 0.3) is 0 Å². The summed E-state index contributed by atoms with van der Waals surface area (Å²) in [5.74, 6) is 0.893. The summed E-state index contributed by atoms with van der Waals surface area (Å²) in [4.78, 5) is 0. The van der Waals surface area contributed by atoms with Gasteiger partial charge in [0, 0.05) is 6.04 Å². The van der Waals surface area contributed by atoms with E-state index in [0.717, 1.165) is 17.7 Å². The molecule has 1 aromatic carbocycles. The second-order valence-corrected chi connectivity index (χ2v) is 4.80. The van der Waals surface area contributed by atoms with E-state index >= 15 is 0 Å². The molecule has 0 bridgehead atoms. The Morgan fingerprint density at radius 3 is 2.53 bits per heavy atom. The molecule has 0 aliphatic carbocycles. The van der Waals surface area contributed by atoms with Crippen LogP contribution in [-0.2, 0) is 0 Å². The summed E-state index contributed by atoms with van der Waals surface area (Å²) in [5, 5.41) is 0. The monoisotopic (exact) mass is 207 g/mol. The zero-order chi connectivity index (χ0) is 11.5. The molecule has 84 valence electrons. The largest absolute Gasteiger partial charge is 0.488 e. The van der Waals surface area contributed by atoms with E-state index in [1.54, 1.807) is 0 Å². The molecule has 2 heteroatoms. The Labute approximate surface area is 92.4 Å². The Kier molecular flexibility index (Phi) is 3.75. The quantitative estimate of drug-likeness (QED) is 0.825. The normalized spacial score (nSPS) is 13.7. The number of hydrogen-bond donors (Lipinski definition) is 1. The minimum Gasteiger partial charge on any atom is -0.488 e. The summed E-state index contributed by atoms with van der Waals surface area (Å²) in [6, 6.07) is 8.14. The summed E-state index contributed by atoms with van der Waals surface area (Å²) < 4.78 is 5.78. The van der Waals surface area contributed by atoms with Crippen molar-refractivity contribution in [3.05, 3.63) is 29.8 Å². The summed E-state index contributed by atoms with van der Waals surface area (Å²) in [6.07, 6.45) is 0.943. The molecule has 0 aromatic heterocycles. The summed E-state index contributed by atoms with van der Waals surface area (Å²) >= 11 is 0. The Bertz CT molecular complexity index is 315. The highest BCUT2D eigenvalue weighted by Crippen LogP contribution is 2.22. The highest BCUT2D eigenvalue weighted by molar-refractivity contribution is 5.30. The molecule has 0 aliphatic heterocycles. The van der Waals surface area contributed by atoms with E-state index in [-0.39, 0.29) is 11.6 Å². The van der Waals surface area contributed by atoms with Crippen molar-refractivity contribution in [1.82, 2.24) is 0 Å². The van der Waals surface area contributed by atoms with E-state index in [1.165, 1.54) is 0 Å². The third-order valence-corrected chi connectivity index (χ3v) is 2.15. The average Bonchev–Trinajstić information content (AvgIpc) is 2.14. The smallest absolute Gasteiger partial charge is 0.120 e. The van der Waals surface area contributed by atoms with Crippen LogP contribution in [-0.4, -0.2) is 5.60 Å². The molecule has 0 radical (unpaired) electrons. The molecule has 0 spiro atoms. The molecule has 0 saturated carbocycles. The number of nitrogens with two attached hydrogens (primary N) is 1. The first-order valence-corrected chi connectivity index (χ1v) is 5.47. The molecule has 0 aliphatic rings. The Morgan fingerprint density at radius 1 is 1.33 bits per heavy atom. The lowest BCUT2D eigenvalue weighted by Gasteiger charge is -2.22. The van der Waals surface area contributed by atoms with Crippen LogP contribution >= 0.6 is 0 Å². The molecule has 0 saturated heterocycles. The van der Waals surface area contributed by atoms with Gasteiger partial charge in [0.2, 0.25) is 0 Å². The first-order chi connectivity index (χ1) is 6.92. The average molecular weight is 207 g/mol. The van der Waals surface area contributed by atoms with Crippen molar-refractivity contribution in [2.24, 2.45) is 5.73 Å². The molecule has 2 N–H and O–H groups in total. The molecule has 1 aromatic rings. The van der Waals surface area contributed by atoms with Crippen molar-refractivity contribution in [3.63, 3.8) is 0 Å². The third kappa shape index (κ3) is 3.92. The number of rotatable bonds is 3. The van der Waals surface area contributed by atoms with Gasteiger partial charge < -0.3 is 10.5 Å². The van der Waals surface area contributed by atoms with Gasteiger partial charge in [0.05, 0.1) is 0 Å². The molecule has 1 atom stereocenters. The van der Waals surface area contributed by atoms with E-state index < -0.39 is 0 Å². The predicted molar refractivity (Wildman–Crippen MR) is 64.0 cm³/mol. The molecular weight excluding hydrogens is 186 g/mol. The number of hydrogen-bond acceptors (Lipinski definition) is 2. The van der Waals surface area contributed by atoms with Gasteiger partial charge in [-0.1, -0.05) is 19.1 Å². The summed E-state index contributed by atoms with van der Waals surface area (Å²) in [5.41, 5.74) is 6.95. The van der Waals surface area contributed by atoms with Crippen molar-refractivity contribution in [1.29, 1.82) is 0 Å². The first kappa shape index (κ1) is 12.1. The van der Waals surface area contributed by atoms with Crippen LogP contribution < -0.4 is 10.5 Å². The molecule has 1 unspecified atom stereocenters. The van der Waals surface area contributed by atoms with Crippen molar-refractivity contribution in [2.75, 3.05) is 0 Å². The van der Waals surface area contributed by atoms with Crippen molar-refractivity contribution in [2.45, 2.75) is 45.8 Å². The maximum Gasteiger partial charge on any atom is 0.120 e. The Morgan fingerprint density at radius 2 is 2.00 bits per heavy atom. The third-order valence-electron chi connectivity index (χ3n) is 2.15. The Balaban J connectivity index is 2.83. The van der Waals surface area contributed by atoms with E-state index in [0.29, 0.717) is 0 Å². The van der Waals surface area contributed by atoms with Crippen LogP contribution in [0.15, 0.2) is 24.3 Å². The topological polar surface area (TPSA) is 35.2 Å². The zero-order valence-electron chi connectivity index (χ0n) is 10.1. The van der Waals surface area contributed by atoms with E-state index in [2.05, 4.69) is 6.92 Å². The lowest BCUT2D eigenvalue weighted by atomic mass is 10.1. The van der Waals surface area contributed by atoms with Gasteiger partial charge in [-0.2, -0.15) is 0 Å². The van der Waals surface area contributed by atoms with Crippen LogP contribution in [0, 0.1) is 0 Å². The van der Waals surface area contributed by atoms with Gasteiger partial charge in [-0.05, 0) is 44.9 Å². The van der Waals surface area contributed by atoms with Crippen LogP contribution in [0.5, 0.6) is 5.75 Å². The Hall–Kier alpha value is -1.02. The highest BCUT2D eigenvalue weighted by Gasteiger charge is 2.12. The van der Waals surface area contributed by atoms with Crippen LogP contribution in [0.4, 0.5) is 0 Å². The summed E-state index contributed by atoms with van der Waals surface area (Å²) in [6.45, 7) is 8.21. The van der Waals surface area contributed by atoms with Gasteiger partial charge in [0.25, 0.3) is 0 Å². The summed E-state index contributed by atoms with van der Waals surface area (Å²) in [7, 11) is 0. The molecule has 1 rings (SSSR count). The van der Waals surface area contributed by atoms with E-state index in [9.17, 15) is 0 Å². The predicted octanol–water partition coefficient (Wildman–Crippen LogP) is 3.27. The molecule has 0 amide bonds. The van der Waals surface area contributed by atoms with Crippen molar-refractivity contribution >= 4 is 0 Å².